The van der Waals surface area contributed by atoms with E-state index < -0.39 is 0 Å². The van der Waals surface area contributed by atoms with Crippen LogP contribution in [0.1, 0.15) is 0 Å². The van der Waals surface area contributed by atoms with E-state index in [0.29, 0.717) is 10.5 Å². The summed E-state index contributed by atoms with van der Waals surface area (Å²) in [7, 11) is 0. The van der Waals surface area contributed by atoms with Gasteiger partial charge in [-0.2, -0.15) is 0 Å². The van der Waals surface area contributed by atoms with E-state index in [9.17, 15) is 5.11 Å². The molecule has 0 atom stereocenters. The number of fused-ring (bicyclic) bond motifs is 1. The number of aromatic hydroxyl groups is 1. The molecule has 2 nitrogen and oxygen atoms in total. The number of para-hydroxylation sites is 1. The Morgan fingerprint density at radius 3 is 2.65 bits per heavy atom. The molecule has 0 saturated heterocycles. The Kier molecular flexibility index (Phi) is 2.50. The van der Waals surface area contributed by atoms with Gasteiger partial charge in [-0.05, 0) is 18.2 Å². The number of benzene rings is 2. The van der Waals surface area contributed by atoms with Crippen LogP contribution in [0.15, 0.2) is 42.5 Å². The van der Waals surface area contributed by atoms with Crippen molar-refractivity contribution in [1.29, 1.82) is 0 Å². The van der Waals surface area contributed by atoms with Crippen LogP contribution >= 0.6 is 22.9 Å². The van der Waals surface area contributed by atoms with Gasteiger partial charge in [-0.25, -0.2) is 4.98 Å². The molecule has 1 N–H and O–H groups in total. The number of hydrogen-bond donors (Lipinski definition) is 1. The van der Waals surface area contributed by atoms with Crippen LogP contribution in [-0.2, 0) is 0 Å². The zero-order chi connectivity index (χ0) is 11.8. The predicted molar refractivity (Wildman–Crippen MR) is 71.7 cm³/mol. The second kappa shape index (κ2) is 4.02. The third-order valence-corrected chi connectivity index (χ3v) is 3.89. The van der Waals surface area contributed by atoms with Crippen molar-refractivity contribution in [3.05, 3.63) is 47.5 Å². The SMILES string of the molecule is Oc1cccc2sc(-c3ccccc3Cl)nc12. The van der Waals surface area contributed by atoms with Crippen molar-refractivity contribution in [2.75, 3.05) is 0 Å². The third kappa shape index (κ3) is 1.77. The minimum Gasteiger partial charge on any atom is -0.506 e. The van der Waals surface area contributed by atoms with Crippen molar-refractivity contribution in [2.45, 2.75) is 0 Å². The highest BCUT2D eigenvalue weighted by atomic mass is 35.5. The second-order valence-corrected chi connectivity index (χ2v) is 5.06. The van der Waals surface area contributed by atoms with E-state index in [1.54, 1.807) is 6.07 Å². The summed E-state index contributed by atoms with van der Waals surface area (Å²) < 4.78 is 0.958. The van der Waals surface area contributed by atoms with E-state index in [0.717, 1.165) is 15.3 Å². The standard InChI is InChI=1S/C13H8ClNOS/c14-9-5-2-1-4-8(9)13-15-12-10(16)6-3-7-11(12)17-13/h1-7,16H. The molecule has 3 rings (SSSR count). The number of halogens is 1. The minimum atomic E-state index is 0.206. The summed E-state index contributed by atoms with van der Waals surface area (Å²) >= 11 is 7.65. The number of nitrogens with zero attached hydrogens (tertiary/aromatic N) is 1. The van der Waals surface area contributed by atoms with E-state index in [4.69, 9.17) is 11.6 Å². The third-order valence-electron chi connectivity index (χ3n) is 2.50. The Hall–Kier alpha value is -1.58. The lowest BCUT2D eigenvalue weighted by atomic mass is 10.2. The molecule has 1 aromatic heterocycles. The van der Waals surface area contributed by atoms with Crippen LogP contribution in [0.3, 0.4) is 0 Å². The Labute approximate surface area is 107 Å². The monoisotopic (exact) mass is 261 g/mol. The normalized spacial score (nSPS) is 10.9. The molecule has 2 aromatic carbocycles. The number of phenolic OH excluding ortho intramolecular Hbond substituents is 1. The summed E-state index contributed by atoms with van der Waals surface area (Å²) in [4.78, 5) is 4.43. The maximum atomic E-state index is 9.71. The van der Waals surface area contributed by atoms with Gasteiger partial charge in [-0.1, -0.05) is 35.9 Å². The van der Waals surface area contributed by atoms with Crippen molar-refractivity contribution in [1.82, 2.24) is 4.98 Å². The molecule has 0 radical (unpaired) electrons. The van der Waals surface area contributed by atoms with Gasteiger partial charge in [0.1, 0.15) is 16.3 Å². The Balaban J connectivity index is 2.26. The lowest BCUT2D eigenvalue weighted by Crippen LogP contribution is -1.77. The van der Waals surface area contributed by atoms with Crippen molar-refractivity contribution >= 4 is 33.2 Å². The molecule has 0 bridgehead atoms. The van der Waals surface area contributed by atoms with E-state index in [2.05, 4.69) is 4.98 Å². The number of aromatic nitrogens is 1. The van der Waals surface area contributed by atoms with Gasteiger partial charge in [0.25, 0.3) is 0 Å². The fourth-order valence-electron chi connectivity index (χ4n) is 1.68. The molecule has 3 aromatic rings. The van der Waals surface area contributed by atoms with Crippen LogP contribution in [0.25, 0.3) is 20.8 Å². The van der Waals surface area contributed by atoms with E-state index in [-0.39, 0.29) is 5.75 Å². The topological polar surface area (TPSA) is 33.1 Å². The average Bonchev–Trinajstić information content (AvgIpc) is 2.75. The largest absolute Gasteiger partial charge is 0.506 e. The maximum absolute atomic E-state index is 9.71. The van der Waals surface area contributed by atoms with E-state index >= 15 is 0 Å². The lowest BCUT2D eigenvalue weighted by molar-refractivity contribution is 0.480. The first-order valence-corrected chi connectivity index (χ1v) is 6.28. The van der Waals surface area contributed by atoms with Gasteiger partial charge in [0.05, 0.1) is 9.72 Å². The van der Waals surface area contributed by atoms with Crippen molar-refractivity contribution in [2.24, 2.45) is 0 Å². The first-order chi connectivity index (χ1) is 8.25. The van der Waals surface area contributed by atoms with Gasteiger partial charge in [0, 0.05) is 5.56 Å². The van der Waals surface area contributed by atoms with Crippen molar-refractivity contribution in [3.8, 4) is 16.3 Å². The van der Waals surface area contributed by atoms with Crippen LogP contribution in [0.5, 0.6) is 5.75 Å². The zero-order valence-electron chi connectivity index (χ0n) is 8.72. The van der Waals surface area contributed by atoms with Gasteiger partial charge in [-0.15, -0.1) is 11.3 Å². The smallest absolute Gasteiger partial charge is 0.142 e. The number of rotatable bonds is 1. The molecular weight excluding hydrogens is 254 g/mol. The molecule has 17 heavy (non-hydrogen) atoms. The summed E-state index contributed by atoms with van der Waals surface area (Å²) in [5.74, 6) is 0.206. The molecule has 0 saturated carbocycles. The van der Waals surface area contributed by atoms with Gasteiger partial charge >= 0.3 is 0 Å². The van der Waals surface area contributed by atoms with Crippen molar-refractivity contribution < 1.29 is 5.11 Å². The Bertz CT molecular complexity index is 693. The number of phenols is 1. The molecule has 4 heteroatoms. The van der Waals surface area contributed by atoms with Gasteiger partial charge in [0.15, 0.2) is 0 Å². The average molecular weight is 262 g/mol. The molecule has 0 amide bonds. The van der Waals surface area contributed by atoms with Gasteiger partial charge < -0.3 is 5.11 Å². The molecule has 84 valence electrons. The molecule has 0 aliphatic carbocycles. The molecular formula is C13H8ClNOS. The zero-order valence-corrected chi connectivity index (χ0v) is 10.3. The lowest BCUT2D eigenvalue weighted by Gasteiger charge is -1.97. The van der Waals surface area contributed by atoms with Crippen molar-refractivity contribution in [3.63, 3.8) is 0 Å². The quantitative estimate of drug-likeness (QED) is 0.708. The maximum Gasteiger partial charge on any atom is 0.142 e. The second-order valence-electron chi connectivity index (χ2n) is 3.62. The molecule has 0 aliphatic heterocycles. The highest BCUT2D eigenvalue weighted by Gasteiger charge is 2.10. The van der Waals surface area contributed by atoms with Gasteiger partial charge in [-0.3, -0.25) is 0 Å². The van der Waals surface area contributed by atoms with E-state index in [1.165, 1.54) is 11.3 Å². The minimum absolute atomic E-state index is 0.206. The molecule has 0 unspecified atom stereocenters. The predicted octanol–water partition coefficient (Wildman–Crippen LogP) is 4.32. The molecule has 0 aliphatic rings. The fraction of sp³-hybridized carbons (Fsp3) is 0. The summed E-state index contributed by atoms with van der Waals surface area (Å²) in [6.45, 7) is 0. The summed E-state index contributed by atoms with van der Waals surface area (Å²) in [5, 5.41) is 11.2. The molecule has 1 heterocycles. The van der Waals surface area contributed by atoms with Gasteiger partial charge in [0.2, 0.25) is 0 Å². The van der Waals surface area contributed by atoms with Crippen LogP contribution in [0.2, 0.25) is 5.02 Å². The number of hydrogen-bond acceptors (Lipinski definition) is 3. The van der Waals surface area contributed by atoms with Crippen LogP contribution in [0.4, 0.5) is 0 Å². The first-order valence-electron chi connectivity index (χ1n) is 5.09. The Morgan fingerprint density at radius 1 is 1.06 bits per heavy atom. The summed E-state index contributed by atoms with van der Waals surface area (Å²) in [5.41, 5.74) is 1.53. The number of thiazole rings is 1. The highest BCUT2D eigenvalue weighted by Crippen LogP contribution is 2.36. The Morgan fingerprint density at radius 2 is 1.88 bits per heavy atom. The molecule has 0 spiro atoms. The van der Waals surface area contributed by atoms with Crippen LogP contribution < -0.4 is 0 Å². The van der Waals surface area contributed by atoms with Crippen LogP contribution in [-0.4, -0.2) is 10.1 Å². The summed E-state index contributed by atoms with van der Waals surface area (Å²) in [6.07, 6.45) is 0. The highest BCUT2D eigenvalue weighted by molar-refractivity contribution is 7.21. The first kappa shape index (κ1) is 10.6. The van der Waals surface area contributed by atoms with E-state index in [1.807, 2.05) is 36.4 Å². The summed E-state index contributed by atoms with van der Waals surface area (Å²) in [6, 6.07) is 13.0. The fourth-order valence-corrected chi connectivity index (χ4v) is 2.99. The molecule has 0 fully saturated rings. The van der Waals surface area contributed by atoms with Crippen LogP contribution in [0, 0.1) is 0 Å².